The first-order chi connectivity index (χ1) is 9.93. The molecule has 0 bridgehead atoms. The first-order valence-corrected chi connectivity index (χ1v) is 9.76. The number of fused-ring (bicyclic) bond motifs is 2. The molecule has 0 radical (unpaired) electrons. The molecule has 0 amide bonds. The van der Waals surface area contributed by atoms with E-state index >= 15 is 0 Å². The summed E-state index contributed by atoms with van der Waals surface area (Å²) in [6, 6.07) is 29.1. The molecule has 0 spiro atoms. The average Bonchev–Trinajstić information content (AvgIpc) is 2.53. The molecule has 20 heavy (non-hydrogen) atoms. The molecule has 96 valence electrons. The summed E-state index contributed by atoms with van der Waals surface area (Å²) in [4.78, 5) is 0. The summed E-state index contributed by atoms with van der Waals surface area (Å²) < 4.78 is 4.73. The standard InChI is InChI=1S/C19H15As/c1-2-10-17(11-3-1)20-18-12-6-4-8-15(18)14-16-9-5-7-13-19(16)20/h1-13H,14H2. The minimum absolute atomic E-state index is 1.09. The third-order valence-corrected chi connectivity index (χ3v) is 9.42. The summed E-state index contributed by atoms with van der Waals surface area (Å²) in [5, 5.41) is 0. The van der Waals surface area contributed by atoms with Crippen molar-refractivity contribution < 1.29 is 0 Å². The van der Waals surface area contributed by atoms with E-state index in [1.807, 2.05) is 0 Å². The summed E-state index contributed by atoms with van der Waals surface area (Å²) in [5.41, 5.74) is 3.05. The molecule has 0 unspecified atom stereocenters. The SMILES string of the molecule is c1ccc([As]2c3ccccc3Cc3ccccc32)cc1. The van der Waals surface area contributed by atoms with E-state index in [1.165, 1.54) is 15.5 Å². The zero-order valence-corrected chi connectivity index (χ0v) is 13.0. The molecule has 0 saturated heterocycles. The normalized spacial score (nSPS) is 13.6. The molecular weight excluding hydrogens is 303 g/mol. The van der Waals surface area contributed by atoms with Crippen LogP contribution in [-0.4, -0.2) is 14.7 Å². The molecule has 4 rings (SSSR count). The van der Waals surface area contributed by atoms with Crippen LogP contribution in [0.2, 0.25) is 0 Å². The molecule has 1 aliphatic heterocycles. The van der Waals surface area contributed by atoms with Crippen LogP contribution in [0.15, 0.2) is 78.9 Å². The van der Waals surface area contributed by atoms with Crippen molar-refractivity contribution in [2.75, 3.05) is 0 Å². The predicted molar refractivity (Wildman–Crippen MR) is 86.8 cm³/mol. The van der Waals surface area contributed by atoms with Crippen LogP contribution in [0.4, 0.5) is 0 Å². The Kier molecular flexibility index (Phi) is 2.98. The fraction of sp³-hybridized carbons (Fsp3) is 0.0526. The van der Waals surface area contributed by atoms with Crippen LogP contribution in [0.3, 0.4) is 0 Å². The van der Waals surface area contributed by atoms with E-state index in [1.54, 1.807) is 8.70 Å². The molecular formula is C19H15As. The van der Waals surface area contributed by atoms with Crippen molar-refractivity contribution in [3.05, 3.63) is 90.0 Å². The van der Waals surface area contributed by atoms with Gasteiger partial charge in [0.2, 0.25) is 0 Å². The van der Waals surface area contributed by atoms with E-state index in [2.05, 4.69) is 78.9 Å². The molecule has 0 saturated carbocycles. The second kappa shape index (κ2) is 4.96. The van der Waals surface area contributed by atoms with Crippen molar-refractivity contribution in [2.24, 2.45) is 0 Å². The molecule has 0 fully saturated rings. The van der Waals surface area contributed by atoms with Crippen LogP contribution in [0, 0.1) is 0 Å². The van der Waals surface area contributed by atoms with Gasteiger partial charge in [0.1, 0.15) is 0 Å². The third kappa shape index (κ3) is 1.92. The van der Waals surface area contributed by atoms with Gasteiger partial charge in [-0.3, -0.25) is 0 Å². The van der Waals surface area contributed by atoms with Crippen LogP contribution in [0.1, 0.15) is 11.1 Å². The van der Waals surface area contributed by atoms with Gasteiger partial charge in [-0.2, -0.15) is 0 Å². The van der Waals surface area contributed by atoms with E-state index in [0.29, 0.717) is 0 Å². The monoisotopic (exact) mass is 318 g/mol. The Morgan fingerprint density at radius 2 is 1.05 bits per heavy atom. The Balaban J connectivity index is 1.98. The Labute approximate surface area is 124 Å². The first kappa shape index (κ1) is 12.0. The molecule has 1 aliphatic rings. The van der Waals surface area contributed by atoms with Gasteiger partial charge in [0.05, 0.1) is 0 Å². The fourth-order valence-electron chi connectivity index (χ4n) is 2.95. The maximum absolute atomic E-state index is 2.35. The van der Waals surface area contributed by atoms with Gasteiger partial charge in [-0.05, 0) is 0 Å². The zero-order chi connectivity index (χ0) is 13.4. The van der Waals surface area contributed by atoms with Crippen molar-refractivity contribution >= 4 is 27.7 Å². The van der Waals surface area contributed by atoms with E-state index < -0.39 is 14.7 Å². The molecule has 0 N–H and O–H groups in total. The third-order valence-electron chi connectivity index (χ3n) is 3.86. The van der Waals surface area contributed by atoms with Crippen molar-refractivity contribution in [3.8, 4) is 0 Å². The van der Waals surface area contributed by atoms with Gasteiger partial charge in [0.15, 0.2) is 0 Å². The van der Waals surface area contributed by atoms with Crippen LogP contribution >= 0.6 is 0 Å². The summed E-state index contributed by atoms with van der Waals surface area (Å²) in [5.74, 6) is 0. The number of hydrogen-bond donors (Lipinski definition) is 0. The van der Waals surface area contributed by atoms with Gasteiger partial charge in [0.25, 0.3) is 0 Å². The van der Waals surface area contributed by atoms with E-state index in [4.69, 9.17) is 0 Å². The number of hydrogen-bond acceptors (Lipinski definition) is 0. The molecule has 0 aromatic heterocycles. The van der Waals surface area contributed by atoms with Gasteiger partial charge in [-0.25, -0.2) is 0 Å². The van der Waals surface area contributed by atoms with Gasteiger partial charge >= 0.3 is 124 Å². The van der Waals surface area contributed by atoms with E-state index in [-0.39, 0.29) is 0 Å². The molecule has 1 heterocycles. The van der Waals surface area contributed by atoms with Crippen LogP contribution in [-0.2, 0) is 6.42 Å². The van der Waals surface area contributed by atoms with Gasteiger partial charge < -0.3 is 0 Å². The molecule has 0 nitrogen and oxygen atoms in total. The summed E-state index contributed by atoms with van der Waals surface area (Å²) in [6.45, 7) is 0. The number of benzene rings is 3. The Morgan fingerprint density at radius 3 is 1.65 bits per heavy atom. The Hall–Kier alpha value is -1.78. The Bertz CT molecular complexity index is 701. The Morgan fingerprint density at radius 1 is 0.550 bits per heavy atom. The zero-order valence-electron chi connectivity index (χ0n) is 11.2. The summed E-state index contributed by atoms with van der Waals surface area (Å²) >= 11 is -1.36. The fourth-order valence-corrected chi connectivity index (χ4v) is 8.48. The van der Waals surface area contributed by atoms with Crippen LogP contribution in [0.5, 0.6) is 0 Å². The van der Waals surface area contributed by atoms with Gasteiger partial charge in [0, 0.05) is 0 Å². The molecule has 1 heteroatoms. The molecule has 0 atom stereocenters. The first-order valence-electron chi connectivity index (χ1n) is 6.94. The quantitative estimate of drug-likeness (QED) is 0.472. The predicted octanol–water partition coefficient (Wildman–Crippen LogP) is 2.11. The van der Waals surface area contributed by atoms with Crippen molar-refractivity contribution in [1.29, 1.82) is 0 Å². The van der Waals surface area contributed by atoms with Crippen molar-refractivity contribution in [1.82, 2.24) is 0 Å². The van der Waals surface area contributed by atoms with E-state index in [9.17, 15) is 0 Å². The van der Waals surface area contributed by atoms with Crippen LogP contribution < -0.4 is 13.1 Å². The van der Waals surface area contributed by atoms with Crippen molar-refractivity contribution in [2.45, 2.75) is 6.42 Å². The molecule has 3 aromatic rings. The summed E-state index contributed by atoms with van der Waals surface area (Å²) in [7, 11) is 0. The topological polar surface area (TPSA) is 0 Å². The van der Waals surface area contributed by atoms with Crippen molar-refractivity contribution in [3.63, 3.8) is 0 Å². The summed E-state index contributed by atoms with van der Waals surface area (Å²) in [6.07, 6.45) is 1.09. The van der Waals surface area contributed by atoms with Gasteiger partial charge in [-0.1, -0.05) is 0 Å². The maximum atomic E-state index is 2.35. The van der Waals surface area contributed by atoms with E-state index in [0.717, 1.165) is 6.42 Å². The van der Waals surface area contributed by atoms with Crippen LogP contribution in [0.25, 0.3) is 0 Å². The average molecular weight is 318 g/mol. The number of rotatable bonds is 1. The molecule has 3 aromatic carbocycles. The minimum atomic E-state index is -1.36. The molecule has 0 aliphatic carbocycles. The van der Waals surface area contributed by atoms with Gasteiger partial charge in [-0.15, -0.1) is 0 Å². The second-order valence-electron chi connectivity index (χ2n) is 5.11. The second-order valence-corrected chi connectivity index (χ2v) is 9.62.